The maximum Gasteiger partial charge on any atom is 0.241 e. The lowest BCUT2D eigenvalue weighted by atomic mass is 9.93. The summed E-state index contributed by atoms with van der Waals surface area (Å²) < 4.78 is 11.0. The molecular weight excluding hydrogens is 178 g/mol. The molecule has 0 aliphatic carbocycles. The first-order chi connectivity index (χ1) is 6.72. The van der Waals surface area contributed by atoms with Crippen molar-refractivity contribution < 1.29 is 9.47 Å². The van der Waals surface area contributed by atoms with Gasteiger partial charge in [0.05, 0.1) is 6.54 Å². The number of nitrogens with two attached hydrogens (primary N) is 1. The summed E-state index contributed by atoms with van der Waals surface area (Å²) in [5.74, 6) is 0.161. The third-order valence-corrected chi connectivity index (χ3v) is 3.53. The van der Waals surface area contributed by atoms with Crippen LogP contribution in [0.1, 0.15) is 46.0 Å². The van der Waals surface area contributed by atoms with Gasteiger partial charge in [-0.3, -0.25) is 0 Å². The zero-order valence-corrected chi connectivity index (χ0v) is 9.21. The van der Waals surface area contributed by atoms with Gasteiger partial charge in [-0.05, 0) is 5.92 Å². The highest BCUT2D eigenvalue weighted by atomic mass is 17.0. The average molecular weight is 199 g/mol. The highest BCUT2D eigenvalue weighted by Gasteiger charge is 2.89. The van der Waals surface area contributed by atoms with E-state index in [1.54, 1.807) is 0 Å². The second kappa shape index (κ2) is 3.47. The van der Waals surface area contributed by atoms with Crippen molar-refractivity contribution >= 4 is 0 Å². The van der Waals surface area contributed by atoms with E-state index >= 15 is 0 Å². The predicted molar refractivity (Wildman–Crippen MR) is 54.6 cm³/mol. The maximum atomic E-state index is 5.56. The Labute approximate surface area is 85.9 Å². The Morgan fingerprint density at radius 1 is 1.21 bits per heavy atom. The number of unbranched alkanes of at least 4 members (excludes halogenated alkanes) is 1. The molecule has 0 aromatic heterocycles. The lowest BCUT2D eigenvalue weighted by Gasteiger charge is -2.13. The molecule has 14 heavy (non-hydrogen) atoms. The van der Waals surface area contributed by atoms with Crippen LogP contribution in [0.4, 0.5) is 0 Å². The lowest BCUT2D eigenvalue weighted by molar-refractivity contribution is -0.0998. The zero-order valence-electron chi connectivity index (χ0n) is 9.21. The van der Waals surface area contributed by atoms with Gasteiger partial charge >= 0.3 is 0 Å². The summed E-state index contributed by atoms with van der Waals surface area (Å²) in [5, 5.41) is 0. The van der Waals surface area contributed by atoms with E-state index in [2.05, 4.69) is 13.8 Å². The number of hydrogen-bond acceptors (Lipinski definition) is 3. The summed E-state index contributed by atoms with van der Waals surface area (Å²) in [6.07, 6.45) is 6.13. The largest absolute Gasteiger partial charge is 0.326 e. The van der Waals surface area contributed by atoms with E-state index in [1.807, 2.05) is 0 Å². The SMILES string of the molecule is CCCCC(CC)CC12OC1(CN)O2. The van der Waals surface area contributed by atoms with Crippen LogP contribution in [0.2, 0.25) is 0 Å². The average Bonchev–Trinajstić information content (AvgIpc) is 2.98. The molecule has 0 spiro atoms. The molecule has 1 atom stereocenters. The Morgan fingerprint density at radius 3 is 2.36 bits per heavy atom. The van der Waals surface area contributed by atoms with Crippen LogP contribution in [0.3, 0.4) is 0 Å². The maximum absolute atomic E-state index is 5.56. The van der Waals surface area contributed by atoms with Crippen molar-refractivity contribution in [1.29, 1.82) is 0 Å². The standard InChI is InChI=1S/C11H21NO2/c1-3-5-6-9(4-2)7-10-11(8-12,13-10)14-10/h9H,3-8,12H2,1-2H3. The summed E-state index contributed by atoms with van der Waals surface area (Å²) >= 11 is 0. The van der Waals surface area contributed by atoms with Crippen LogP contribution in [0.25, 0.3) is 0 Å². The topological polar surface area (TPSA) is 51.1 Å². The van der Waals surface area contributed by atoms with Gasteiger partial charge in [0, 0.05) is 6.42 Å². The lowest BCUT2D eigenvalue weighted by Crippen LogP contribution is -2.14. The van der Waals surface area contributed by atoms with Crippen LogP contribution in [0, 0.1) is 5.92 Å². The van der Waals surface area contributed by atoms with Gasteiger partial charge < -0.3 is 15.2 Å². The first kappa shape index (κ1) is 10.4. The molecule has 2 N–H and O–H groups in total. The molecule has 3 nitrogen and oxygen atoms in total. The van der Waals surface area contributed by atoms with Crippen LogP contribution in [-0.4, -0.2) is 18.1 Å². The van der Waals surface area contributed by atoms with Crippen molar-refractivity contribution in [2.45, 2.75) is 57.5 Å². The molecule has 2 fully saturated rings. The van der Waals surface area contributed by atoms with E-state index in [4.69, 9.17) is 15.2 Å². The monoisotopic (exact) mass is 199 g/mol. The molecule has 0 aromatic rings. The molecule has 0 saturated carbocycles. The number of fused-ring (bicyclic) bond motifs is 1. The van der Waals surface area contributed by atoms with E-state index in [0.717, 1.165) is 12.3 Å². The van der Waals surface area contributed by atoms with Crippen LogP contribution < -0.4 is 5.73 Å². The van der Waals surface area contributed by atoms with E-state index in [9.17, 15) is 0 Å². The number of rotatable bonds is 7. The Kier molecular flexibility index (Phi) is 2.58. The number of hydrogen-bond donors (Lipinski definition) is 1. The Hall–Kier alpha value is -0.120. The highest BCUT2D eigenvalue weighted by Crippen LogP contribution is 2.69. The van der Waals surface area contributed by atoms with Gasteiger partial charge in [0.2, 0.25) is 11.6 Å². The molecule has 1 unspecified atom stereocenters. The number of ether oxygens (including phenoxy) is 2. The first-order valence-electron chi connectivity index (χ1n) is 5.82. The van der Waals surface area contributed by atoms with Crippen molar-refractivity contribution in [1.82, 2.24) is 0 Å². The van der Waals surface area contributed by atoms with Gasteiger partial charge in [-0.1, -0.05) is 39.5 Å². The molecule has 2 saturated heterocycles. The van der Waals surface area contributed by atoms with E-state index in [1.165, 1.54) is 25.7 Å². The van der Waals surface area contributed by atoms with Gasteiger partial charge in [0.1, 0.15) is 0 Å². The second-order valence-electron chi connectivity index (χ2n) is 4.53. The fraction of sp³-hybridized carbons (Fsp3) is 1.00. The summed E-state index contributed by atoms with van der Waals surface area (Å²) in [6.45, 7) is 4.99. The smallest absolute Gasteiger partial charge is 0.241 e. The molecule has 82 valence electrons. The van der Waals surface area contributed by atoms with Crippen molar-refractivity contribution in [2.75, 3.05) is 6.54 Å². The van der Waals surface area contributed by atoms with Gasteiger partial charge in [0.25, 0.3) is 0 Å². The van der Waals surface area contributed by atoms with Crippen LogP contribution >= 0.6 is 0 Å². The quantitative estimate of drug-likeness (QED) is 0.638. The highest BCUT2D eigenvalue weighted by molar-refractivity contribution is 5.18. The van der Waals surface area contributed by atoms with Crippen molar-refractivity contribution in [3.8, 4) is 0 Å². The van der Waals surface area contributed by atoms with Gasteiger partial charge in [-0.2, -0.15) is 0 Å². The molecule has 2 aliphatic rings. The molecule has 2 rings (SSSR count). The third kappa shape index (κ3) is 1.47. The molecular formula is C11H21NO2. The molecule has 0 bridgehead atoms. The minimum Gasteiger partial charge on any atom is -0.326 e. The normalized spacial score (nSPS) is 40.5. The molecule has 3 heteroatoms. The van der Waals surface area contributed by atoms with Crippen LogP contribution in [-0.2, 0) is 9.47 Å². The predicted octanol–water partition coefficient (Wildman–Crippen LogP) is 2.00. The Balaban J connectivity index is 1.74. The number of epoxide rings is 2. The summed E-state index contributed by atoms with van der Waals surface area (Å²) in [6, 6.07) is 0. The molecule has 0 aromatic carbocycles. The summed E-state index contributed by atoms with van der Waals surface area (Å²) in [5.41, 5.74) is 5.56. The fourth-order valence-corrected chi connectivity index (χ4v) is 2.29. The van der Waals surface area contributed by atoms with Crippen LogP contribution in [0.15, 0.2) is 0 Å². The van der Waals surface area contributed by atoms with Crippen molar-refractivity contribution in [3.63, 3.8) is 0 Å². The van der Waals surface area contributed by atoms with E-state index in [-0.39, 0.29) is 11.6 Å². The van der Waals surface area contributed by atoms with Gasteiger partial charge in [-0.15, -0.1) is 0 Å². The molecule has 2 heterocycles. The zero-order chi connectivity index (χ0) is 10.2. The Morgan fingerprint density at radius 2 is 1.93 bits per heavy atom. The first-order valence-corrected chi connectivity index (χ1v) is 5.82. The molecule has 0 radical (unpaired) electrons. The minimum atomic E-state index is -0.341. The minimum absolute atomic E-state index is 0.240. The third-order valence-electron chi connectivity index (χ3n) is 3.53. The summed E-state index contributed by atoms with van der Waals surface area (Å²) in [4.78, 5) is 0. The van der Waals surface area contributed by atoms with Crippen molar-refractivity contribution in [2.24, 2.45) is 11.7 Å². The Bertz CT molecular complexity index is 211. The van der Waals surface area contributed by atoms with E-state index in [0.29, 0.717) is 6.54 Å². The van der Waals surface area contributed by atoms with Crippen LogP contribution in [0.5, 0.6) is 0 Å². The molecule has 0 amide bonds. The summed E-state index contributed by atoms with van der Waals surface area (Å²) in [7, 11) is 0. The molecule has 2 aliphatic heterocycles. The van der Waals surface area contributed by atoms with E-state index < -0.39 is 0 Å². The van der Waals surface area contributed by atoms with Crippen molar-refractivity contribution in [3.05, 3.63) is 0 Å². The second-order valence-corrected chi connectivity index (χ2v) is 4.53. The fourth-order valence-electron chi connectivity index (χ4n) is 2.29. The van der Waals surface area contributed by atoms with Gasteiger partial charge in [0.15, 0.2) is 0 Å². The van der Waals surface area contributed by atoms with Gasteiger partial charge in [-0.25, -0.2) is 0 Å².